The number of hydrogen-bond acceptors (Lipinski definition) is 5. The maximum Gasteiger partial charge on any atom is 0.340 e. The molecular formula is C19H21NO5S. The van der Waals surface area contributed by atoms with Crippen LogP contribution in [0.25, 0.3) is 0 Å². The number of anilines is 1. The molecule has 0 saturated heterocycles. The number of ketones is 1. The lowest BCUT2D eigenvalue weighted by atomic mass is 10.1. The molecule has 7 heteroatoms. The largest absolute Gasteiger partial charge is 0.454 e. The summed E-state index contributed by atoms with van der Waals surface area (Å²) in [5.74, 6) is -1.09. The summed E-state index contributed by atoms with van der Waals surface area (Å²) in [6.45, 7) is 1.66. The standard InChI is InChI=1S/C19H21NO5S/c1-3-6-14-9-11-15(12-10-14)18(21)13-25-19(22)16-7-4-5-8-17(16)20-26(2,23)24/h4-5,7-12,20H,3,6,13H2,1-2H3. The third kappa shape index (κ3) is 5.70. The molecule has 26 heavy (non-hydrogen) atoms. The lowest BCUT2D eigenvalue weighted by Crippen LogP contribution is -2.17. The Morgan fingerprint density at radius 2 is 1.69 bits per heavy atom. The van der Waals surface area contributed by atoms with Crippen molar-refractivity contribution >= 4 is 27.5 Å². The number of carbonyl (C=O) groups excluding carboxylic acids is 2. The van der Waals surface area contributed by atoms with Crippen molar-refractivity contribution in [3.8, 4) is 0 Å². The number of hydrogen-bond donors (Lipinski definition) is 1. The number of esters is 1. The number of sulfonamides is 1. The molecule has 2 aromatic rings. The van der Waals surface area contributed by atoms with Crippen molar-refractivity contribution in [2.45, 2.75) is 19.8 Å². The van der Waals surface area contributed by atoms with E-state index in [1.165, 1.54) is 12.1 Å². The third-order valence-corrected chi connectivity index (χ3v) is 4.18. The average Bonchev–Trinajstić information content (AvgIpc) is 2.59. The maximum absolute atomic E-state index is 12.2. The van der Waals surface area contributed by atoms with Crippen molar-refractivity contribution in [3.63, 3.8) is 0 Å². The number of benzene rings is 2. The van der Waals surface area contributed by atoms with Gasteiger partial charge in [0.2, 0.25) is 10.0 Å². The van der Waals surface area contributed by atoms with Gasteiger partial charge in [0, 0.05) is 5.56 Å². The molecule has 0 saturated carbocycles. The van der Waals surface area contributed by atoms with Gasteiger partial charge in [0.1, 0.15) is 0 Å². The molecule has 0 spiro atoms. The lowest BCUT2D eigenvalue weighted by Gasteiger charge is -2.10. The monoisotopic (exact) mass is 375 g/mol. The van der Waals surface area contributed by atoms with Gasteiger partial charge in [0.25, 0.3) is 0 Å². The molecule has 138 valence electrons. The van der Waals surface area contributed by atoms with E-state index in [9.17, 15) is 18.0 Å². The maximum atomic E-state index is 12.2. The highest BCUT2D eigenvalue weighted by Gasteiger charge is 2.16. The molecule has 0 heterocycles. The smallest absolute Gasteiger partial charge is 0.340 e. The molecule has 0 unspecified atom stereocenters. The van der Waals surface area contributed by atoms with Gasteiger partial charge in [-0.05, 0) is 24.1 Å². The molecule has 0 amide bonds. The Bertz CT molecular complexity index is 888. The molecular weight excluding hydrogens is 354 g/mol. The van der Waals surface area contributed by atoms with Crippen LogP contribution in [0.15, 0.2) is 48.5 Å². The fraction of sp³-hybridized carbons (Fsp3) is 0.263. The lowest BCUT2D eigenvalue weighted by molar-refractivity contribution is 0.0476. The number of carbonyl (C=O) groups is 2. The van der Waals surface area contributed by atoms with Crippen molar-refractivity contribution in [3.05, 3.63) is 65.2 Å². The highest BCUT2D eigenvalue weighted by molar-refractivity contribution is 7.92. The Balaban J connectivity index is 2.03. The van der Waals surface area contributed by atoms with Crippen LogP contribution >= 0.6 is 0 Å². The first-order chi connectivity index (χ1) is 12.3. The minimum absolute atomic E-state index is 0.0454. The second-order valence-electron chi connectivity index (χ2n) is 5.87. The predicted molar refractivity (Wildman–Crippen MR) is 100.0 cm³/mol. The van der Waals surface area contributed by atoms with Crippen LogP contribution in [0.1, 0.15) is 39.6 Å². The molecule has 2 aromatic carbocycles. The van der Waals surface area contributed by atoms with Gasteiger partial charge in [0.05, 0.1) is 17.5 Å². The Morgan fingerprint density at radius 3 is 2.31 bits per heavy atom. The van der Waals surface area contributed by atoms with E-state index in [0.717, 1.165) is 24.7 Å². The predicted octanol–water partition coefficient (Wildman–Crippen LogP) is 3.05. The number of para-hydroxylation sites is 1. The van der Waals surface area contributed by atoms with Crippen molar-refractivity contribution in [2.24, 2.45) is 0 Å². The van der Waals surface area contributed by atoms with Gasteiger partial charge in [-0.2, -0.15) is 0 Å². The number of Topliss-reactive ketones (excluding diaryl/α,β-unsaturated/α-hetero) is 1. The summed E-state index contributed by atoms with van der Waals surface area (Å²) in [6, 6.07) is 13.2. The van der Waals surface area contributed by atoms with E-state index in [1.807, 2.05) is 12.1 Å². The number of rotatable bonds is 8. The first-order valence-corrected chi connectivity index (χ1v) is 10.1. The first kappa shape index (κ1) is 19.7. The Hall–Kier alpha value is -2.67. The summed E-state index contributed by atoms with van der Waals surface area (Å²) in [4.78, 5) is 24.4. The van der Waals surface area contributed by atoms with E-state index in [2.05, 4.69) is 11.6 Å². The van der Waals surface area contributed by atoms with E-state index >= 15 is 0 Å². The second-order valence-corrected chi connectivity index (χ2v) is 7.61. The van der Waals surface area contributed by atoms with Gasteiger partial charge in [0.15, 0.2) is 12.4 Å². The molecule has 0 aliphatic rings. The summed E-state index contributed by atoms with van der Waals surface area (Å²) < 4.78 is 30.1. The minimum Gasteiger partial charge on any atom is -0.454 e. The van der Waals surface area contributed by atoms with Gasteiger partial charge in [-0.15, -0.1) is 0 Å². The highest BCUT2D eigenvalue weighted by atomic mass is 32.2. The minimum atomic E-state index is -3.54. The number of aryl methyl sites for hydroxylation is 1. The summed E-state index contributed by atoms with van der Waals surface area (Å²) in [6.07, 6.45) is 2.94. The Kier molecular flexibility index (Phi) is 6.52. The van der Waals surface area contributed by atoms with E-state index in [-0.39, 0.29) is 17.0 Å². The molecule has 0 fully saturated rings. The molecule has 0 atom stereocenters. The van der Waals surface area contributed by atoms with Crippen LogP contribution in [-0.4, -0.2) is 33.0 Å². The molecule has 2 rings (SSSR count). The van der Waals surface area contributed by atoms with Crippen LogP contribution in [0.2, 0.25) is 0 Å². The highest BCUT2D eigenvalue weighted by Crippen LogP contribution is 2.17. The number of nitrogens with one attached hydrogen (secondary N) is 1. The molecule has 0 aliphatic heterocycles. The van der Waals surface area contributed by atoms with E-state index in [0.29, 0.717) is 5.56 Å². The zero-order chi connectivity index (χ0) is 19.2. The van der Waals surface area contributed by atoms with E-state index in [4.69, 9.17) is 4.74 Å². The van der Waals surface area contributed by atoms with E-state index < -0.39 is 22.6 Å². The van der Waals surface area contributed by atoms with Crippen LogP contribution in [0.4, 0.5) is 5.69 Å². The summed E-state index contributed by atoms with van der Waals surface area (Å²) in [7, 11) is -3.54. The van der Waals surface area contributed by atoms with Crippen molar-refractivity contribution in [1.82, 2.24) is 0 Å². The van der Waals surface area contributed by atoms with Gasteiger partial charge in [-0.25, -0.2) is 13.2 Å². The van der Waals surface area contributed by atoms with Crippen molar-refractivity contribution < 1.29 is 22.7 Å². The quantitative estimate of drug-likeness (QED) is 0.566. The zero-order valence-electron chi connectivity index (χ0n) is 14.7. The van der Waals surface area contributed by atoms with E-state index in [1.54, 1.807) is 24.3 Å². The van der Waals surface area contributed by atoms with Crippen LogP contribution in [0.3, 0.4) is 0 Å². The normalized spacial score (nSPS) is 11.0. The fourth-order valence-electron chi connectivity index (χ4n) is 2.39. The average molecular weight is 375 g/mol. The van der Waals surface area contributed by atoms with Gasteiger partial charge in [-0.1, -0.05) is 49.7 Å². The molecule has 0 radical (unpaired) electrons. The molecule has 6 nitrogen and oxygen atoms in total. The molecule has 0 aliphatic carbocycles. The fourth-order valence-corrected chi connectivity index (χ4v) is 2.97. The summed E-state index contributed by atoms with van der Waals surface area (Å²) in [5, 5.41) is 0. The molecule has 0 aromatic heterocycles. The zero-order valence-corrected chi connectivity index (χ0v) is 15.5. The van der Waals surface area contributed by atoms with Crippen LogP contribution < -0.4 is 4.72 Å². The Labute approximate surface area is 153 Å². The van der Waals surface area contributed by atoms with Gasteiger partial charge >= 0.3 is 5.97 Å². The Morgan fingerprint density at radius 1 is 1.04 bits per heavy atom. The van der Waals surface area contributed by atoms with Crippen molar-refractivity contribution in [2.75, 3.05) is 17.6 Å². The van der Waals surface area contributed by atoms with Gasteiger partial charge < -0.3 is 4.74 Å². The summed E-state index contributed by atoms with van der Waals surface area (Å²) >= 11 is 0. The summed E-state index contributed by atoms with van der Waals surface area (Å²) in [5.41, 5.74) is 1.75. The van der Waals surface area contributed by atoms with Crippen LogP contribution in [0.5, 0.6) is 0 Å². The second kappa shape index (κ2) is 8.62. The number of ether oxygens (including phenoxy) is 1. The van der Waals surface area contributed by atoms with Crippen molar-refractivity contribution in [1.29, 1.82) is 0 Å². The SMILES string of the molecule is CCCc1ccc(C(=O)COC(=O)c2ccccc2NS(C)(=O)=O)cc1. The first-order valence-electron chi connectivity index (χ1n) is 8.16. The molecule has 0 bridgehead atoms. The van der Waals surface area contributed by atoms with Crippen LogP contribution in [0, 0.1) is 0 Å². The van der Waals surface area contributed by atoms with Crippen LogP contribution in [-0.2, 0) is 21.2 Å². The van der Waals surface area contributed by atoms with Gasteiger partial charge in [-0.3, -0.25) is 9.52 Å². The molecule has 1 N–H and O–H groups in total. The topological polar surface area (TPSA) is 89.5 Å². The third-order valence-electron chi connectivity index (χ3n) is 3.59.